The zero-order valence-corrected chi connectivity index (χ0v) is 17.6. The number of carbonyl (C=O) groups is 6. The van der Waals surface area contributed by atoms with E-state index in [0.717, 1.165) is 6.42 Å². The lowest BCUT2D eigenvalue weighted by molar-refractivity contribution is -0.144. The molecule has 1 rings (SSSR count). The van der Waals surface area contributed by atoms with Gasteiger partial charge in [0.05, 0.1) is 18.6 Å². The number of carboxylic acids is 1. The molecule has 0 saturated carbocycles. The van der Waals surface area contributed by atoms with E-state index in [1.54, 1.807) is 0 Å². The molecule has 1 saturated heterocycles. The molecule has 1 heterocycles. The fourth-order valence-corrected chi connectivity index (χ4v) is 3.06. The van der Waals surface area contributed by atoms with Gasteiger partial charge in [0.25, 0.3) is 0 Å². The maximum Gasteiger partial charge on any atom is 0.326 e. The number of nitrogens with two attached hydrogens (primary N) is 2. The van der Waals surface area contributed by atoms with Crippen LogP contribution in [0, 0.1) is 0 Å². The van der Waals surface area contributed by atoms with Crippen molar-refractivity contribution in [3.63, 3.8) is 0 Å². The number of amides is 5. The van der Waals surface area contributed by atoms with Gasteiger partial charge in [0.15, 0.2) is 0 Å². The molecule has 5 unspecified atom stereocenters. The van der Waals surface area contributed by atoms with Crippen LogP contribution in [0.3, 0.4) is 0 Å². The standard InChI is InChI=1S/C18H30N6O8/c1-8(25)14(17(30)23-11(18(31)32)7-13(20)27)24-16(29)10(4-5-12(19)26)22-15(28)9-3-2-6-21-9/h8-11,14,21,25H,2-7H2,1H3,(H2,19,26)(H2,20,27)(H,22,28)(H,23,30)(H,24,29)(H,31,32). The molecular formula is C18H30N6O8. The Morgan fingerprint density at radius 2 is 1.66 bits per heavy atom. The number of nitrogens with one attached hydrogen (secondary N) is 4. The van der Waals surface area contributed by atoms with E-state index >= 15 is 0 Å². The summed E-state index contributed by atoms with van der Waals surface area (Å²) in [5.74, 6) is -5.68. The molecule has 1 fully saturated rings. The Morgan fingerprint density at radius 1 is 1.00 bits per heavy atom. The van der Waals surface area contributed by atoms with Gasteiger partial charge in [0.2, 0.25) is 29.5 Å². The van der Waals surface area contributed by atoms with Crippen molar-refractivity contribution in [1.29, 1.82) is 0 Å². The summed E-state index contributed by atoms with van der Waals surface area (Å²) in [7, 11) is 0. The summed E-state index contributed by atoms with van der Waals surface area (Å²) in [5, 5.41) is 28.8. The van der Waals surface area contributed by atoms with Crippen LogP contribution in [0.2, 0.25) is 0 Å². The van der Waals surface area contributed by atoms with E-state index in [2.05, 4.69) is 16.0 Å². The highest BCUT2D eigenvalue weighted by Gasteiger charge is 2.33. The van der Waals surface area contributed by atoms with Crippen LogP contribution in [0.25, 0.3) is 0 Å². The number of hydrogen-bond donors (Lipinski definition) is 8. The molecule has 0 aliphatic carbocycles. The zero-order chi connectivity index (χ0) is 24.4. The van der Waals surface area contributed by atoms with Crippen LogP contribution in [-0.2, 0) is 28.8 Å². The molecule has 180 valence electrons. The van der Waals surface area contributed by atoms with E-state index in [1.165, 1.54) is 6.92 Å². The van der Waals surface area contributed by atoms with Crippen molar-refractivity contribution in [3.8, 4) is 0 Å². The van der Waals surface area contributed by atoms with Crippen LogP contribution in [0.5, 0.6) is 0 Å². The first-order valence-electron chi connectivity index (χ1n) is 10.0. The first kappa shape index (κ1) is 26.8. The molecule has 5 amide bonds. The van der Waals surface area contributed by atoms with Gasteiger partial charge in [-0.15, -0.1) is 0 Å². The number of hydrogen-bond acceptors (Lipinski definition) is 8. The third-order valence-corrected chi connectivity index (χ3v) is 4.77. The number of aliphatic hydroxyl groups excluding tert-OH is 1. The van der Waals surface area contributed by atoms with E-state index in [-0.39, 0.29) is 12.8 Å². The molecule has 0 aromatic heterocycles. The number of primary amides is 2. The van der Waals surface area contributed by atoms with Crippen molar-refractivity contribution in [2.45, 2.75) is 69.3 Å². The largest absolute Gasteiger partial charge is 0.480 e. The average molecular weight is 458 g/mol. The molecule has 14 heteroatoms. The molecule has 0 aromatic rings. The van der Waals surface area contributed by atoms with Gasteiger partial charge in [-0.3, -0.25) is 24.0 Å². The minimum absolute atomic E-state index is 0.160. The first-order valence-corrected chi connectivity index (χ1v) is 10.0. The van der Waals surface area contributed by atoms with Crippen molar-refractivity contribution in [3.05, 3.63) is 0 Å². The maximum atomic E-state index is 12.7. The molecular weight excluding hydrogens is 428 g/mol. The maximum absolute atomic E-state index is 12.7. The summed E-state index contributed by atoms with van der Waals surface area (Å²) < 4.78 is 0. The number of carbonyl (C=O) groups excluding carboxylic acids is 5. The van der Waals surface area contributed by atoms with E-state index < -0.39 is 72.2 Å². The molecule has 1 aliphatic rings. The Kier molecular flexibility index (Phi) is 10.5. The lowest BCUT2D eigenvalue weighted by atomic mass is 10.1. The Labute approximate surface area is 183 Å². The fourth-order valence-electron chi connectivity index (χ4n) is 3.06. The number of rotatable bonds is 13. The molecule has 0 radical (unpaired) electrons. The molecule has 0 aromatic carbocycles. The van der Waals surface area contributed by atoms with Crippen molar-refractivity contribution in [2.75, 3.05) is 6.54 Å². The Hall–Kier alpha value is -3.26. The average Bonchev–Trinajstić information content (AvgIpc) is 3.22. The summed E-state index contributed by atoms with van der Waals surface area (Å²) in [5.41, 5.74) is 10.1. The summed E-state index contributed by atoms with van der Waals surface area (Å²) >= 11 is 0. The van der Waals surface area contributed by atoms with E-state index in [0.29, 0.717) is 13.0 Å². The normalized spacial score (nSPS) is 19.1. The summed E-state index contributed by atoms with van der Waals surface area (Å²) in [6.07, 6.45) is -1.23. The van der Waals surface area contributed by atoms with Gasteiger partial charge >= 0.3 is 5.97 Å². The Morgan fingerprint density at radius 3 is 2.12 bits per heavy atom. The molecule has 10 N–H and O–H groups in total. The van der Waals surface area contributed by atoms with Crippen LogP contribution in [0.4, 0.5) is 0 Å². The zero-order valence-electron chi connectivity index (χ0n) is 17.6. The number of aliphatic hydroxyl groups is 1. The highest BCUT2D eigenvalue weighted by Crippen LogP contribution is 2.07. The lowest BCUT2D eigenvalue weighted by Crippen LogP contribution is -2.60. The minimum Gasteiger partial charge on any atom is -0.480 e. The van der Waals surface area contributed by atoms with Crippen molar-refractivity contribution in [2.24, 2.45) is 11.5 Å². The number of aliphatic carboxylic acids is 1. The van der Waals surface area contributed by atoms with Crippen molar-refractivity contribution in [1.82, 2.24) is 21.3 Å². The fraction of sp³-hybridized carbons (Fsp3) is 0.667. The van der Waals surface area contributed by atoms with Crippen molar-refractivity contribution >= 4 is 35.5 Å². The second-order valence-electron chi connectivity index (χ2n) is 7.51. The van der Waals surface area contributed by atoms with Gasteiger partial charge in [0.1, 0.15) is 18.1 Å². The third-order valence-electron chi connectivity index (χ3n) is 4.77. The smallest absolute Gasteiger partial charge is 0.326 e. The van der Waals surface area contributed by atoms with Gasteiger partial charge in [-0.2, -0.15) is 0 Å². The highest BCUT2D eigenvalue weighted by atomic mass is 16.4. The molecule has 32 heavy (non-hydrogen) atoms. The topological polar surface area (TPSA) is 243 Å². The Bertz CT molecular complexity index is 737. The molecule has 14 nitrogen and oxygen atoms in total. The van der Waals surface area contributed by atoms with Gasteiger partial charge < -0.3 is 42.9 Å². The predicted octanol–water partition coefficient (Wildman–Crippen LogP) is -4.20. The number of carboxylic acid groups (broad SMARTS) is 1. The van der Waals surface area contributed by atoms with Gasteiger partial charge in [-0.05, 0) is 32.7 Å². The second kappa shape index (κ2) is 12.6. The Balaban J connectivity index is 2.91. The van der Waals surface area contributed by atoms with Crippen LogP contribution in [0.1, 0.15) is 39.0 Å². The molecule has 0 bridgehead atoms. The van der Waals surface area contributed by atoms with Crippen molar-refractivity contribution < 1.29 is 39.0 Å². The molecule has 5 atom stereocenters. The monoisotopic (exact) mass is 458 g/mol. The van der Waals surface area contributed by atoms with E-state index in [1.807, 2.05) is 5.32 Å². The van der Waals surface area contributed by atoms with Crippen LogP contribution >= 0.6 is 0 Å². The van der Waals surface area contributed by atoms with Crippen LogP contribution in [-0.4, -0.2) is 82.5 Å². The summed E-state index contributed by atoms with van der Waals surface area (Å²) in [6.45, 7) is 1.81. The lowest BCUT2D eigenvalue weighted by Gasteiger charge is -2.26. The third kappa shape index (κ3) is 8.85. The molecule has 1 aliphatic heterocycles. The summed E-state index contributed by atoms with van der Waals surface area (Å²) in [6, 6.07) is -5.04. The van der Waals surface area contributed by atoms with Gasteiger partial charge in [0, 0.05) is 6.42 Å². The quantitative estimate of drug-likeness (QED) is 0.133. The van der Waals surface area contributed by atoms with Gasteiger partial charge in [-0.1, -0.05) is 0 Å². The first-order chi connectivity index (χ1) is 14.9. The van der Waals surface area contributed by atoms with Crippen LogP contribution in [0.15, 0.2) is 0 Å². The molecule has 0 spiro atoms. The second-order valence-corrected chi connectivity index (χ2v) is 7.51. The van der Waals surface area contributed by atoms with Gasteiger partial charge in [-0.25, -0.2) is 4.79 Å². The predicted molar refractivity (Wildman–Crippen MR) is 108 cm³/mol. The summed E-state index contributed by atoms with van der Waals surface area (Å²) in [4.78, 5) is 71.0. The van der Waals surface area contributed by atoms with E-state index in [4.69, 9.17) is 16.6 Å². The van der Waals surface area contributed by atoms with Crippen LogP contribution < -0.4 is 32.7 Å². The van der Waals surface area contributed by atoms with E-state index in [9.17, 15) is 33.9 Å². The minimum atomic E-state index is -1.67. The SMILES string of the molecule is CC(O)C(NC(=O)C(CCC(N)=O)NC(=O)C1CCCN1)C(=O)NC(CC(N)=O)C(=O)O. The highest BCUT2D eigenvalue weighted by molar-refractivity contribution is 5.95.